The summed E-state index contributed by atoms with van der Waals surface area (Å²) in [6.45, 7) is 4.57. The Bertz CT molecular complexity index is 756. The van der Waals surface area contributed by atoms with Crippen LogP contribution in [0.25, 0.3) is 6.08 Å². The lowest BCUT2D eigenvalue weighted by Crippen LogP contribution is -2.30. The first-order chi connectivity index (χ1) is 11.4. The number of anilines is 1. The fourth-order valence-electron chi connectivity index (χ4n) is 2.05. The number of carbonyl (C=O) groups is 2. The molecule has 2 aromatic heterocycles. The van der Waals surface area contributed by atoms with Crippen molar-refractivity contribution < 1.29 is 9.59 Å². The van der Waals surface area contributed by atoms with Crippen molar-refractivity contribution in [2.45, 2.75) is 13.8 Å². The molecule has 0 spiro atoms. The molecule has 128 valence electrons. The zero-order chi connectivity index (χ0) is 17.7. The Morgan fingerprint density at radius 2 is 2.00 bits per heavy atom. The molecule has 0 aliphatic rings. The number of nitrogens with one attached hydrogen (secondary N) is 2. The van der Waals surface area contributed by atoms with E-state index in [4.69, 9.17) is 0 Å². The van der Waals surface area contributed by atoms with Gasteiger partial charge in [0.05, 0.1) is 18.1 Å². The van der Waals surface area contributed by atoms with Crippen LogP contribution in [0.15, 0.2) is 24.7 Å². The van der Waals surface area contributed by atoms with E-state index in [2.05, 4.69) is 20.8 Å². The summed E-state index contributed by atoms with van der Waals surface area (Å²) in [7, 11) is 3.46. The third kappa shape index (κ3) is 4.55. The Morgan fingerprint density at radius 1 is 1.25 bits per heavy atom. The van der Waals surface area contributed by atoms with Crippen molar-refractivity contribution in [3.8, 4) is 0 Å². The third-order valence-electron chi connectivity index (χ3n) is 3.23. The molecule has 2 amide bonds. The van der Waals surface area contributed by atoms with Gasteiger partial charge >= 0.3 is 0 Å². The predicted molar refractivity (Wildman–Crippen MR) is 91.3 cm³/mol. The molecule has 0 saturated carbocycles. The van der Waals surface area contributed by atoms with Gasteiger partial charge in [-0.3, -0.25) is 19.0 Å². The Kier molecular flexibility index (Phi) is 5.51. The number of hydrogen-bond acceptors (Lipinski definition) is 4. The van der Waals surface area contributed by atoms with Crippen LogP contribution < -0.4 is 10.6 Å². The molecule has 24 heavy (non-hydrogen) atoms. The first-order valence-corrected chi connectivity index (χ1v) is 7.64. The molecule has 0 bridgehead atoms. The van der Waals surface area contributed by atoms with Gasteiger partial charge in [-0.05, 0) is 12.0 Å². The fraction of sp³-hybridized carbons (Fsp3) is 0.375. The number of amides is 2. The van der Waals surface area contributed by atoms with E-state index in [1.807, 2.05) is 13.8 Å². The number of aryl methyl sites for hydroxylation is 2. The molecule has 0 aliphatic carbocycles. The highest BCUT2D eigenvalue weighted by atomic mass is 16.2. The van der Waals surface area contributed by atoms with Crippen molar-refractivity contribution in [2.24, 2.45) is 20.0 Å². The smallest absolute Gasteiger partial charge is 0.271 e. The molecule has 8 heteroatoms. The van der Waals surface area contributed by atoms with Crippen LogP contribution >= 0.6 is 0 Å². The Labute approximate surface area is 140 Å². The van der Waals surface area contributed by atoms with Crippen LogP contribution in [0.4, 0.5) is 5.69 Å². The average molecular weight is 330 g/mol. The minimum absolute atomic E-state index is 0.268. The molecule has 0 aliphatic heterocycles. The molecule has 8 nitrogen and oxygen atoms in total. The van der Waals surface area contributed by atoms with Crippen LogP contribution in [0.3, 0.4) is 0 Å². The Hall–Kier alpha value is -2.90. The van der Waals surface area contributed by atoms with Gasteiger partial charge in [0.15, 0.2) is 0 Å². The predicted octanol–water partition coefficient (Wildman–Crippen LogP) is 1.19. The fourth-order valence-corrected chi connectivity index (χ4v) is 2.05. The van der Waals surface area contributed by atoms with E-state index in [1.165, 1.54) is 17.0 Å². The third-order valence-corrected chi connectivity index (χ3v) is 3.23. The molecule has 2 N–H and O–H groups in total. The van der Waals surface area contributed by atoms with Crippen molar-refractivity contribution in [3.05, 3.63) is 35.9 Å². The van der Waals surface area contributed by atoms with Gasteiger partial charge in [-0.1, -0.05) is 13.8 Å². The molecule has 0 saturated heterocycles. The summed E-state index contributed by atoms with van der Waals surface area (Å²) < 4.78 is 3.09. The zero-order valence-electron chi connectivity index (χ0n) is 14.3. The van der Waals surface area contributed by atoms with Gasteiger partial charge in [0.2, 0.25) is 5.91 Å². The lowest BCUT2D eigenvalue weighted by atomic mass is 10.2. The van der Waals surface area contributed by atoms with Crippen molar-refractivity contribution >= 4 is 23.6 Å². The summed E-state index contributed by atoms with van der Waals surface area (Å²) in [5.74, 6) is -0.275. The highest BCUT2D eigenvalue weighted by molar-refractivity contribution is 6.06. The highest BCUT2D eigenvalue weighted by Crippen LogP contribution is 2.14. The van der Waals surface area contributed by atoms with E-state index in [0.717, 1.165) is 5.56 Å². The van der Waals surface area contributed by atoms with E-state index in [-0.39, 0.29) is 11.8 Å². The SMILES string of the molecule is CC(C)CNC(=O)c1c(NC(=O)/C=C/c2cnn(C)c2)cnn1C. The van der Waals surface area contributed by atoms with Crippen molar-refractivity contribution in [2.75, 3.05) is 11.9 Å². The minimum atomic E-state index is -0.343. The van der Waals surface area contributed by atoms with Gasteiger partial charge in [0, 0.05) is 38.5 Å². The second kappa shape index (κ2) is 7.58. The maximum absolute atomic E-state index is 12.3. The molecule has 0 radical (unpaired) electrons. The standard InChI is InChI=1S/C16H22N6O2/c1-11(2)7-17-16(24)15-13(9-19-22(15)4)20-14(23)6-5-12-8-18-21(3)10-12/h5-6,8-11H,7H2,1-4H3,(H,17,24)(H,20,23)/b6-5+. The van der Waals surface area contributed by atoms with E-state index < -0.39 is 0 Å². The summed E-state index contributed by atoms with van der Waals surface area (Å²) in [6.07, 6.45) is 7.94. The number of rotatable bonds is 6. The van der Waals surface area contributed by atoms with E-state index in [9.17, 15) is 9.59 Å². The highest BCUT2D eigenvalue weighted by Gasteiger charge is 2.18. The molecule has 2 rings (SSSR count). The average Bonchev–Trinajstić information content (AvgIpc) is 3.09. The van der Waals surface area contributed by atoms with Crippen LogP contribution in [0.5, 0.6) is 0 Å². The number of hydrogen-bond donors (Lipinski definition) is 2. The molecular weight excluding hydrogens is 308 g/mol. The van der Waals surface area contributed by atoms with Crippen molar-refractivity contribution in [1.29, 1.82) is 0 Å². The van der Waals surface area contributed by atoms with Crippen LogP contribution in [0.2, 0.25) is 0 Å². The van der Waals surface area contributed by atoms with Crippen molar-refractivity contribution in [3.63, 3.8) is 0 Å². The minimum Gasteiger partial charge on any atom is -0.350 e. The second-order valence-corrected chi connectivity index (χ2v) is 5.90. The molecule has 0 unspecified atom stereocenters. The number of aromatic nitrogens is 4. The maximum Gasteiger partial charge on any atom is 0.271 e. The molecule has 0 aromatic carbocycles. The maximum atomic E-state index is 12.3. The van der Waals surface area contributed by atoms with Gasteiger partial charge in [0.25, 0.3) is 5.91 Å². The lowest BCUT2D eigenvalue weighted by Gasteiger charge is -2.09. The zero-order valence-corrected chi connectivity index (χ0v) is 14.3. The molecule has 0 atom stereocenters. The first kappa shape index (κ1) is 17.5. The monoisotopic (exact) mass is 330 g/mol. The molecular formula is C16H22N6O2. The lowest BCUT2D eigenvalue weighted by molar-refractivity contribution is -0.111. The molecule has 0 fully saturated rings. The van der Waals surface area contributed by atoms with Crippen LogP contribution in [0.1, 0.15) is 29.9 Å². The van der Waals surface area contributed by atoms with Gasteiger partial charge in [-0.2, -0.15) is 10.2 Å². The number of carbonyl (C=O) groups excluding carboxylic acids is 2. The van der Waals surface area contributed by atoms with Gasteiger partial charge < -0.3 is 10.6 Å². The van der Waals surface area contributed by atoms with E-state index in [0.29, 0.717) is 23.8 Å². The van der Waals surface area contributed by atoms with E-state index in [1.54, 1.807) is 37.2 Å². The van der Waals surface area contributed by atoms with Gasteiger partial charge in [0.1, 0.15) is 5.69 Å². The molecule has 2 heterocycles. The van der Waals surface area contributed by atoms with Gasteiger partial charge in [-0.25, -0.2) is 0 Å². The normalized spacial score (nSPS) is 11.2. The van der Waals surface area contributed by atoms with E-state index >= 15 is 0 Å². The summed E-state index contributed by atoms with van der Waals surface area (Å²) in [6, 6.07) is 0. The van der Waals surface area contributed by atoms with Crippen LogP contribution in [-0.4, -0.2) is 37.9 Å². The quantitative estimate of drug-likeness (QED) is 0.778. The molecule has 2 aromatic rings. The Morgan fingerprint density at radius 3 is 2.62 bits per heavy atom. The van der Waals surface area contributed by atoms with Crippen LogP contribution in [0, 0.1) is 5.92 Å². The largest absolute Gasteiger partial charge is 0.350 e. The van der Waals surface area contributed by atoms with Gasteiger partial charge in [-0.15, -0.1) is 0 Å². The first-order valence-electron chi connectivity index (χ1n) is 7.64. The summed E-state index contributed by atoms with van der Waals surface area (Å²) in [5, 5.41) is 13.6. The summed E-state index contributed by atoms with van der Waals surface area (Å²) >= 11 is 0. The topological polar surface area (TPSA) is 93.8 Å². The van der Waals surface area contributed by atoms with Crippen LogP contribution in [-0.2, 0) is 18.9 Å². The second-order valence-electron chi connectivity index (χ2n) is 5.90. The Balaban J connectivity index is 2.05. The number of nitrogens with zero attached hydrogens (tertiary/aromatic N) is 4. The summed E-state index contributed by atoms with van der Waals surface area (Å²) in [4.78, 5) is 24.3. The van der Waals surface area contributed by atoms with Crippen molar-refractivity contribution in [1.82, 2.24) is 24.9 Å². The summed E-state index contributed by atoms with van der Waals surface area (Å²) in [5.41, 5.74) is 1.51.